The molecule has 4 nitrogen and oxygen atoms in total. The van der Waals surface area contributed by atoms with E-state index in [1.165, 1.54) is 10.5 Å². The molecule has 0 aliphatic carbocycles. The van der Waals surface area contributed by atoms with Crippen molar-refractivity contribution in [2.45, 2.75) is 42.6 Å². The van der Waals surface area contributed by atoms with E-state index in [1.807, 2.05) is 51.1 Å². The first-order valence-corrected chi connectivity index (χ1v) is 9.81. The highest BCUT2D eigenvalue weighted by atomic mass is 32.2. The Hall–Kier alpha value is -2.40. The number of furan rings is 1. The molecule has 2 aromatic carbocycles. The van der Waals surface area contributed by atoms with Crippen molar-refractivity contribution in [3.63, 3.8) is 0 Å². The number of carbonyl (C=O) groups is 1. The van der Waals surface area contributed by atoms with Gasteiger partial charge in [-0.05, 0) is 51.0 Å². The number of likely N-dealkylation sites (N-methyl/N-ethyl adjacent to an activating group) is 1. The van der Waals surface area contributed by atoms with Crippen LogP contribution in [0.5, 0.6) is 0 Å². The summed E-state index contributed by atoms with van der Waals surface area (Å²) >= 11 is 1.69. The molecule has 1 heterocycles. The molecule has 0 atom stereocenters. The van der Waals surface area contributed by atoms with Gasteiger partial charge in [-0.25, -0.2) is 4.79 Å². The topological polar surface area (TPSA) is 42.7 Å². The fourth-order valence-corrected chi connectivity index (χ4v) is 3.74. The second-order valence-electron chi connectivity index (χ2n) is 7.46. The molecule has 0 bridgehead atoms. The van der Waals surface area contributed by atoms with E-state index in [9.17, 15) is 4.79 Å². The zero-order valence-corrected chi connectivity index (χ0v) is 17.0. The molecule has 0 unspecified atom stereocenters. The monoisotopic (exact) mass is 383 g/mol. The summed E-state index contributed by atoms with van der Waals surface area (Å²) in [5, 5.41) is 1.11. The summed E-state index contributed by atoms with van der Waals surface area (Å²) in [7, 11) is 1.77. The minimum Gasteiger partial charge on any atom is -0.463 e. The van der Waals surface area contributed by atoms with Crippen LogP contribution in [0.25, 0.3) is 11.0 Å². The van der Waals surface area contributed by atoms with E-state index in [4.69, 9.17) is 9.15 Å². The van der Waals surface area contributed by atoms with E-state index >= 15 is 0 Å². The van der Waals surface area contributed by atoms with Crippen LogP contribution in [-0.2, 0) is 11.2 Å². The SMILES string of the molecule is CN(CCc1ccccc1Sc1coc2ccccc12)C(=O)OC(C)(C)C. The molecular formula is C22H25NO3S. The van der Waals surface area contributed by atoms with Gasteiger partial charge in [0.1, 0.15) is 17.4 Å². The van der Waals surface area contributed by atoms with Crippen LogP contribution < -0.4 is 0 Å². The smallest absolute Gasteiger partial charge is 0.410 e. The maximum atomic E-state index is 12.2. The maximum Gasteiger partial charge on any atom is 0.410 e. The molecule has 0 saturated carbocycles. The third-order valence-corrected chi connectivity index (χ3v) is 5.21. The van der Waals surface area contributed by atoms with Crippen molar-refractivity contribution in [1.29, 1.82) is 0 Å². The van der Waals surface area contributed by atoms with Gasteiger partial charge in [0.25, 0.3) is 0 Å². The number of fused-ring (bicyclic) bond motifs is 1. The minimum atomic E-state index is -0.485. The third kappa shape index (κ3) is 5.07. The standard InChI is InChI=1S/C22H25NO3S/c1-22(2,3)26-21(24)23(4)14-13-16-9-5-8-12-19(16)27-20-15-25-18-11-7-6-10-17(18)20/h5-12,15H,13-14H2,1-4H3. The van der Waals surface area contributed by atoms with Gasteiger partial charge in [-0.2, -0.15) is 0 Å². The van der Waals surface area contributed by atoms with E-state index < -0.39 is 5.60 Å². The Balaban J connectivity index is 1.70. The van der Waals surface area contributed by atoms with Crippen molar-refractivity contribution in [2.75, 3.05) is 13.6 Å². The van der Waals surface area contributed by atoms with Gasteiger partial charge in [-0.15, -0.1) is 0 Å². The average molecular weight is 384 g/mol. The normalized spacial score (nSPS) is 11.6. The van der Waals surface area contributed by atoms with Crippen molar-refractivity contribution in [3.8, 4) is 0 Å². The van der Waals surface area contributed by atoms with Gasteiger partial charge >= 0.3 is 6.09 Å². The summed E-state index contributed by atoms with van der Waals surface area (Å²) < 4.78 is 11.1. The molecule has 142 valence electrons. The Morgan fingerprint density at radius 3 is 2.56 bits per heavy atom. The lowest BCUT2D eigenvalue weighted by Crippen LogP contribution is -2.35. The Kier molecular flexibility index (Phi) is 5.80. The number of para-hydroxylation sites is 1. The quantitative estimate of drug-likeness (QED) is 0.542. The van der Waals surface area contributed by atoms with Crippen molar-refractivity contribution in [1.82, 2.24) is 4.90 Å². The molecule has 1 aromatic heterocycles. The van der Waals surface area contributed by atoms with E-state index in [0.29, 0.717) is 6.54 Å². The number of hydrogen-bond acceptors (Lipinski definition) is 4. The molecule has 3 aromatic rings. The van der Waals surface area contributed by atoms with Gasteiger partial charge in [0.15, 0.2) is 0 Å². The lowest BCUT2D eigenvalue weighted by atomic mass is 10.1. The molecule has 3 rings (SSSR count). The number of hydrogen-bond donors (Lipinski definition) is 0. The molecule has 0 N–H and O–H groups in total. The molecule has 0 fully saturated rings. The van der Waals surface area contributed by atoms with E-state index in [2.05, 4.69) is 18.2 Å². The molecule has 0 spiro atoms. The van der Waals surface area contributed by atoms with Crippen molar-refractivity contribution < 1.29 is 13.9 Å². The second kappa shape index (κ2) is 8.09. The zero-order valence-electron chi connectivity index (χ0n) is 16.2. The highest BCUT2D eigenvalue weighted by molar-refractivity contribution is 7.99. The van der Waals surface area contributed by atoms with Gasteiger partial charge in [0.2, 0.25) is 0 Å². The molecular weight excluding hydrogens is 358 g/mol. The first-order chi connectivity index (χ1) is 12.8. The molecule has 0 aliphatic rings. The Labute approximate surface area is 164 Å². The number of ether oxygens (including phenoxy) is 1. The summed E-state index contributed by atoms with van der Waals surface area (Å²) in [5.41, 5.74) is 1.60. The number of benzene rings is 2. The predicted molar refractivity (Wildman–Crippen MR) is 109 cm³/mol. The Morgan fingerprint density at radius 2 is 1.78 bits per heavy atom. The molecule has 0 radical (unpaired) electrons. The van der Waals surface area contributed by atoms with Crippen LogP contribution in [0.3, 0.4) is 0 Å². The summed E-state index contributed by atoms with van der Waals surface area (Å²) in [6.07, 6.45) is 2.27. The zero-order chi connectivity index (χ0) is 19.4. The second-order valence-corrected chi connectivity index (χ2v) is 8.54. The maximum absolute atomic E-state index is 12.2. The van der Waals surface area contributed by atoms with Crippen LogP contribution in [-0.4, -0.2) is 30.2 Å². The number of amides is 1. The molecule has 5 heteroatoms. The molecule has 0 saturated heterocycles. The van der Waals surface area contributed by atoms with Crippen LogP contribution in [0.4, 0.5) is 4.79 Å². The molecule has 27 heavy (non-hydrogen) atoms. The minimum absolute atomic E-state index is 0.298. The van der Waals surface area contributed by atoms with Crippen LogP contribution in [0.2, 0.25) is 0 Å². The summed E-state index contributed by atoms with van der Waals surface area (Å²) in [4.78, 5) is 16.0. The fourth-order valence-electron chi connectivity index (χ4n) is 2.68. The number of nitrogens with zero attached hydrogens (tertiary/aromatic N) is 1. The molecule has 1 amide bonds. The van der Waals surface area contributed by atoms with Crippen molar-refractivity contribution >= 4 is 28.8 Å². The van der Waals surface area contributed by atoms with Gasteiger partial charge in [-0.1, -0.05) is 42.1 Å². The van der Waals surface area contributed by atoms with E-state index in [1.54, 1.807) is 30.0 Å². The lowest BCUT2D eigenvalue weighted by Gasteiger charge is -2.24. The van der Waals surface area contributed by atoms with Gasteiger partial charge in [0.05, 0.1) is 4.90 Å². The highest BCUT2D eigenvalue weighted by Crippen LogP contribution is 2.36. The largest absolute Gasteiger partial charge is 0.463 e. The van der Waals surface area contributed by atoms with Crippen molar-refractivity contribution in [2.24, 2.45) is 0 Å². The van der Waals surface area contributed by atoms with Crippen LogP contribution >= 0.6 is 11.8 Å². The van der Waals surface area contributed by atoms with Gasteiger partial charge in [0, 0.05) is 23.9 Å². The Morgan fingerprint density at radius 1 is 1.07 bits per heavy atom. The third-order valence-electron chi connectivity index (χ3n) is 4.06. The summed E-state index contributed by atoms with van der Waals surface area (Å²) in [6.45, 7) is 6.22. The fraction of sp³-hybridized carbons (Fsp3) is 0.318. The number of carbonyl (C=O) groups excluding carboxylic acids is 1. The predicted octanol–water partition coefficient (Wildman–Crippen LogP) is 5.99. The van der Waals surface area contributed by atoms with Crippen LogP contribution in [0.15, 0.2) is 69.0 Å². The van der Waals surface area contributed by atoms with E-state index in [0.717, 1.165) is 22.3 Å². The van der Waals surface area contributed by atoms with Crippen LogP contribution in [0.1, 0.15) is 26.3 Å². The Bertz CT molecular complexity index is 926. The first kappa shape index (κ1) is 19.4. The highest BCUT2D eigenvalue weighted by Gasteiger charge is 2.19. The van der Waals surface area contributed by atoms with E-state index in [-0.39, 0.29) is 6.09 Å². The van der Waals surface area contributed by atoms with Crippen LogP contribution in [0, 0.1) is 0 Å². The van der Waals surface area contributed by atoms with Gasteiger partial charge in [-0.3, -0.25) is 0 Å². The van der Waals surface area contributed by atoms with Gasteiger partial charge < -0.3 is 14.1 Å². The average Bonchev–Trinajstić information content (AvgIpc) is 3.02. The number of rotatable bonds is 5. The van der Waals surface area contributed by atoms with Crippen molar-refractivity contribution in [3.05, 3.63) is 60.4 Å². The summed E-state index contributed by atoms with van der Waals surface area (Å²) in [6, 6.07) is 16.3. The molecule has 0 aliphatic heterocycles. The lowest BCUT2D eigenvalue weighted by molar-refractivity contribution is 0.0300. The first-order valence-electron chi connectivity index (χ1n) is 8.99. The summed E-state index contributed by atoms with van der Waals surface area (Å²) in [5.74, 6) is 0.